The van der Waals surface area contributed by atoms with E-state index in [0.29, 0.717) is 36.5 Å². The van der Waals surface area contributed by atoms with Crippen molar-refractivity contribution in [3.05, 3.63) is 47.5 Å². The van der Waals surface area contributed by atoms with E-state index in [0.717, 1.165) is 64.8 Å². The molecule has 9 nitrogen and oxygen atoms in total. The highest BCUT2D eigenvalue weighted by Gasteiger charge is 2.72. The van der Waals surface area contributed by atoms with E-state index in [4.69, 9.17) is 15.5 Å². The first-order chi connectivity index (χ1) is 22.1. The zero-order chi connectivity index (χ0) is 31.7. The third-order valence-corrected chi connectivity index (χ3v) is 11.8. The molecule has 4 heterocycles. The van der Waals surface area contributed by atoms with Gasteiger partial charge in [-0.15, -0.1) is 0 Å². The van der Waals surface area contributed by atoms with Crippen LogP contribution in [0.2, 0.25) is 0 Å². The van der Waals surface area contributed by atoms with E-state index in [2.05, 4.69) is 38.7 Å². The Labute approximate surface area is 267 Å². The maximum Gasteiger partial charge on any atom is 0.254 e. The number of ether oxygens (including phenoxy) is 1. The number of nitrogens with zero attached hydrogens (tertiary/aromatic N) is 4. The lowest BCUT2D eigenvalue weighted by atomic mass is 9.42. The Morgan fingerprint density at radius 1 is 1.13 bits per heavy atom. The Balaban J connectivity index is 1.08. The van der Waals surface area contributed by atoms with Gasteiger partial charge in [-0.2, -0.15) is 0 Å². The fourth-order valence-corrected chi connectivity index (χ4v) is 9.14. The molecule has 4 atom stereocenters. The van der Waals surface area contributed by atoms with Gasteiger partial charge in [-0.25, -0.2) is 9.37 Å². The average Bonchev–Trinajstić information content (AvgIpc) is 3.33. The lowest BCUT2D eigenvalue weighted by molar-refractivity contribution is -0.214. The molecular formula is C36H41FN6O3. The maximum absolute atomic E-state index is 14.1. The van der Waals surface area contributed by atoms with E-state index in [1.54, 1.807) is 7.11 Å². The zero-order valence-electron chi connectivity index (χ0n) is 26.7. The number of fused-ring (bicyclic) bond motifs is 4. The minimum Gasteiger partial charge on any atom is -0.494 e. The smallest absolute Gasteiger partial charge is 0.254 e. The first-order valence-electron chi connectivity index (χ1n) is 16.8. The van der Waals surface area contributed by atoms with E-state index >= 15 is 0 Å². The number of nitrogens with two attached hydrogens (primary N) is 1. The number of amides is 2. The predicted molar refractivity (Wildman–Crippen MR) is 173 cm³/mol. The molecule has 4 aliphatic carbocycles. The number of aromatic nitrogens is 3. The molecule has 4 bridgehead atoms. The van der Waals surface area contributed by atoms with Gasteiger partial charge in [0, 0.05) is 48.2 Å². The number of imidazole rings is 1. The van der Waals surface area contributed by atoms with Crippen molar-refractivity contribution in [3.63, 3.8) is 0 Å². The van der Waals surface area contributed by atoms with Gasteiger partial charge < -0.3 is 29.8 Å². The van der Waals surface area contributed by atoms with Gasteiger partial charge in [-0.05, 0) is 94.0 Å². The first-order valence-corrected chi connectivity index (χ1v) is 16.8. The van der Waals surface area contributed by atoms with Crippen LogP contribution in [0.5, 0.6) is 5.75 Å². The van der Waals surface area contributed by atoms with Crippen LogP contribution in [0.15, 0.2) is 36.4 Å². The van der Waals surface area contributed by atoms with Crippen LogP contribution >= 0.6 is 0 Å². The summed E-state index contributed by atoms with van der Waals surface area (Å²) in [6, 6.07) is 12.5. The highest BCUT2D eigenvalue weighted by atomic mass is 19.1. The van der Waals surface area contributed by atoms with E-state index in [9.17, 15) is 14.0 Å². The molecule has 4 aromatic rings. The lowest BCUT2D eigenvalue weighted by Gasteiger charge is -2.64. The molecule has 2 aromatic carbocycles. The molecule has 4 saturated carbocycles. The van der Waals surface area contributed by atoms with Gasteiger partial charge in [-0.1, -0.05) is 12.1 Å². The van der Waals surface area contributed by atoms with E-state index < -0.39 is 11.1 Å². The highest BCUT2D eigenvalue weighted by Crippen LogP contribution is 2.69. The quantitative estimate of drug-likeness (QED) is 0.274. The number of hydrogen-bond acceptors (Lipinski definition) is 5. The molecule has 10 heteroatoms. The van der Waals surface area contributed by atoms with Crippen molar-refractivity contribution in [1.29, 1.82) is 0 Å². The lowest BCUT2D eigenvalue weighted by Crippen LogP contribution is -2.70. The Morgan fingerprint density at radius 2 is 1.91 bits per heavy atom. The first kappa shape index (κ1) is 28.3. The van der Waals surface area contributed by atoms with E-state index in [-0.39, 0.29) is 36.0 Å². The van der Waals surface area contributed by atoms with Crippen LogP contribution in [0.25, 0.3) is 33.5 Å². The third kappa shape index (κ3) is 4.04. The molecule has 0 spiro atoms. The van der Waals surface area contributed by atoms with E-state index in [1.807, 2.05) is 31.0 Å². The van der Waals surface area contributed by atoms with Gasteiger partial charge >= 0.3 is 0 Å². The minimum absolute atomic E-state index is 0.00248. The number of alkyl halides is 1. The Hall–Kier alpha value is -3.92. The second-order valence-corrected chi connectivity index (χ2v) is 15.0. The van der Waals surface area contributed by atoms with Crippen molar-refractivity contribution in [2.75, 3.05) is 7.11 Å². The predicted octanol–water partition coefficient (Wildman–Crippen LogP) is 5.39. The number of carbonyl (C=O) groups excluding carboxylic acids is 2. The van der Waals surface area contributed by atoms with Crippen molar-refractivity contribution in [2.45, 2.75) is 94.7 Å². The second-order valence-electron chi connectivity index (χ2n) is 15.0. The van der Waals surface area contributed by atoms with Crippen LogP contribution in [-0.4, -0.2) is 61.7 Å². The summed E-state index contributed by atoms with van der Waals surface area (Å²) in [5.41, 5.74) is 10.0. The van der Waals surface area contributed by atoms with Gasteiger partial charge in [0.1, 0.15) is 16.9 Å². The van der Waals surface area contributed by atoms with Crippen LogP contribution in [0.3, 0.4) is 0 Å². The number of benzene rings is 2. The Kier molecular flexibility index (Phi) is 5.88. The number of nitrogens with one attached hydrogen (secondary N) is 1. The summed E-state index contributed by atoms with van der Waals surface area (Å²) in [7, 11) is 3.64. The van der Waals surface area contributed by atoms with Crippen LogP contribution < -0.4 is 15.8 Å². The Morgan fingerprint density at radius 3 is 2.57 bits per heavy atom. The summed E-state index contributed by atoms with van der Waals surface area (Å²) in [6.45, 7) is 2.88. The fraction of sp³-hybridized carbons (Fsp3) is 0.528. The summed E-state index contributed by atoms with van der Waals surface area (Å²) >= 11 is 0. The molecule has 0 radical (unpaired) electrons. The molecule has 10 rings (SSSR count). The number of aryl methyl sites for hydroxylation is 1. The van der Waals surface area contributed by atoms with Gasteiger partial charge in [0.2, 0.25) is 5.91 Å². The van der Waals surface area contributed by atoms with Crippen molar-refractivity contribution in [2.24, 2.45) is 24.1 Å². The Bertz CT molecular complexity index is 1940. The summed E-state index contributed by atoms with van der Waals surface area (Å²) in [4.78, 5) is 34.0. The topological polar surface area (TPSA) is 107 Å². The molecule has 240 valence electrons. The largest absolute Gasteiger partial charge is 0.494 e. The second kappa shape index (κ2) is 9.56. The maximum atomic E-state index is 14.1. The molecule has 2 saturated heterocycles. The molecule has 6 fully saturated rings. The van der Waals surface area contributed by atoms with Gasteiger partial charge in [0.25, 0.3) is 5.91 Å². The minimum atomic E-state index is -1.10. The summed E-state index contributed by atoms with van der Waals surface area (Å²) in [5.74, 6) is 2.02. The number of carbonyl (C=O) groups is 2. The number of hydrogen-bond donors (Lipinski definition) is 2. The van der Waals surface area contributed by atoms with Crippen LogP contribution in [-0.2, 0) is 18.4 Å². The van der Waals surface area contributed by atoms with E-state index in [1.165, 1.54) is 12.8 Å². The molecule has 2 aromatic heterocycles. The molecule has 0 unspecified atom stereocenters. The zero-order valence-corrected chi connectivity index (χ0v) is 26.7. The van der Waals surface area contributed by atoms with Crippen molar-refractivity contribution in [3.8, 4) is 17.3 Å². The monoisotopic (exact) mass is 624 g/mol. The molecule has 46 heavy (non-hydrogen) atoms. The van der Waals surface area contributed by atoms with Crippen LogP contribution in [0.1, 0.15) is 80.3 Å². The normalized spacial score (nSPS) is 30.0. The molecule has 6 aliphatic rings. The highest BCUT2D eigenvalue weighted by molar-refractivity contribution is 6.01. The number of rotatable bonds is 8. The molecule has 3 N–H and O–H groups in total. The van der Waals surface area contributed by atoms with Crippen molar-refractivity contribution >= 4 is 33.8 Å². The SMILES string of the molecule is COc1cc(C(=O)N2[C@H]3CC[C@@H]2[C@H](N)C3)cc2nc(-c3cc4ccc([C@@H](C)NC(=O)C56CC(F)(C5)C6)cc4n3CC3CC3)n(C)c12. The van der Waals surface area contributed by atoms with Crippen LogP contribution in [0.4, 0.5) is 4.39 Å². The van der Waals surface area contributed by atoms with Gasteiger partial charge in [0.05, 0.1) is 29.8 Å². The number of methoxy groups -OCH3 is 1. The van der Waals surface area contributed by atoms with Gasteiger partial charge in [0.15, 0.2) is 5.82 Å². The molecule has 2 amide bonds. The van der Waals surface area contributed by atoms with Crippen molar-refractivity contribution in [1.82, 2.24) is 24.3 Å². The standard InChI is InChI=1S/C36H41FN6O3/c1-19(39-34(45)35-16-36(37,17-35)18-35)21-6-7-22-12-29(42(28(22)11-21)15-20-4-5-20)32-40-26-10-23(13-30(46-3)31(26)41(32)2)33(44)43-24-8-9-27(43)25(38)14-24/h6-7,10-13,19-20,24-25,27H,4-5,8-9,14-18,38H2,1-3H3,(H,39,45)/t19-,24+,25-,27-,35?,36?/m1/s1. The molecule has 2 aliphatic heterocycles. The van der Waals surface area contributed by atoms with Gasteiger partial charge in [-0.3, -0.25) is 9.59 Å². The van der Waals surface area contributed by atoms with Crippen LogP contribution in [0, 0.1) is 11.3 Å². The summed E-state index contributed by atoms with van der Waals surface area (Å²) < 4.78 is 24.4. The fourth-order valence-electron chi connectivity index (χ4n) is 9.14. The number of halogens is 1. The van der Waals surface area contributed by atoms with Crippen molar-refractivity contribution < 1.29 is 18.7 Å². The average molecular weight is 625 g/mol. The molecular weight excluding hydrogens is 583 g/mol. The summed E-state index contributed by atoms with van der Waals surface area (Å²) in [5, 5.41) is 4.28. The summed E-state index contributed by atoms with van der Waals surface area (Å²) in [6.07, 6.45) is 6.31. The third-order valence-electron chi connectivity index (χ3n) is 11.8.